The third-order valence-electron chi connectivity index (χ3n) is 4.75. The Bertz CT molecular complexity index is 1030. The highest BCUT2D eigenvalue weighted by molar-refractivity contribution is 5.56. The molecule has 29 heavy (non-hydrogen) atoms. The quantitative estimate of drug-likeness (QED) is 0.643. The monoisotopic (exact) mass is 406 g/mol. The van der Waals surface area contributed by atoms with E-state index in [0.717, 1.165) is 18.4 Å². The number of halogens is 3. The van der Waals surface area contributed by atoms with E-state index in [-0.39, 0.29) is 24.0 Å². The summed E-state index contributed by atoms with van der Waals surface area (Å²) in [5.74, 6) is -1.46. The first-order chi connectivity index (χ1) is 13.9. The fourth-order valence-corrected chi connectivity index (χ4v) is 3.36. The lowest BCUT2D eigenvalue weighted by Crippen LogP contribution is -2.36. The number of hydrogen-bond donors (Lipinski definition) is 0. The van der Waals surface area contributed by atoms with Crippen LogP contribution in [-0.2, 0) is 19.3 Å². The SMILES string of the molecule is O=c1ccc(-c2cccnc2)nn1CC1CCCN1Cc1nnc(C(F)(F)F)o1. The molecule has 0 amide bonds. The molecule has 0 aliphatic carbocycles. The molecule has 1 aliphatic rings. The largest absolute Gasteiger partial charge is 0.470 e. The fraction of sp³-hybridized carbons (Fsp3) is 0.389. The van der Waals surface area contributed by atoms with Crippen molar-refractivity contribution in [1.82, 2.24) is 29.9 Å². The summed E-state index contributed by atoms with van der Waals surface area (Å²) in [5, 5.41) is 11.0. The standard InChI is InChI=1S/C18H17F3N6O2/c19-18(20,21)17-24-23-15(29-17)11-26-8-2-4-13(26)10-27-16(28)6-5-14(25-27)12-3-1-7-22-9-12/h1,3,5-7,9,13H,2,4,8,10-11H2. The van der Waals surface area contributed by atoms with Crippen LogP contribution >= 0.6 is 0 Å². The second kappa shape index (κ2) is 7.74. The minimum Gasteiger partial charge on any atom is -0.416 e. The molecule has 1 fully saturated rings. The van der Waals surface area contributed by atoms with Crippen molar-refractivity contribution in [3.8, 4) is 11.3 Å². The third-order valence-corrected chi connectivity index (χ3v) is 4.75. The van der Waals surface area contributed by atoms with E-state index in [1.165, 1.54) is 10.7 Å². The summed E-state index contributed by atoms with van der Waals surface area (Å²) in [6, 6.07) is 6.64. The van der Waals surface area contributed by atoms with Crippen LogP contribution in [-0.4, -0.2) is 42.4 Å². The van der Waals surface area contributed by atoms with Gasteiger partial charge in [-0.25, -0.2) is 4.68 Å². The Balaban J connectivity index is 1.50. The fourth-order valence-electron chi connectivity index (χ4n) is 3.36. The molecular weight excluding hydrogens is 389 g/mol. The number of hydrogen-bond acceptors (Lipinski definition) is 7. The van der Waals surface area contributed by atoms with E-state index in [0.29, 0.717) is 18.8 Å². The van der Waals surface area contributed by atoms with Crippen LogP contribution in [0.25, 0.3) is 11.3 Å². The number of likely N-dealkylation sites (tertiary alicyclic amines) is 1. The van der Waals surface area contributed by atoms with Gasteiger partial charge < -0.3 is 4.42 Å². The molecule has 1 atom stereocenters. The van der Waals surface area contributed by atoms with Crippen LogP contribution in [0.1, 0.15) is 24.6 Å². The summed E-state index contributed by atoms with van der Waals surface area (Å²) < 4.78 is 44.0. The van der Waals surface area contributed by atoms with Gasteiger partial charge >= 0.3 is 12.1 Å². The van der Waals surface area contributed by atoms with E-state index in [1.807, 2.05) is 11.0 Å². The van der Waals surface area contributed by atoms with Gasteiger partial charge in [-0.3, -0.25) is 14.7 Å². The highest BCUT2D eigenvalue weighted by Crippen LogP contribution is 2.28. The normalized spacial score (nSPS) is 17.7. The van der Waals surface area contributed by atoms with E-state index in [9.17, 15) is 18.0 Å². The van der Waals surface area contributed by atoms with Gasteiger partial charge in [0.25, 0.3) is 5.56 Å². The predicted molar refractivity (Wildman–Crippen MR) is 94.5 cm³/mol. The van der Waals surface area contributed by atoms with Crippen molar-refractivity contribution < 1.29 is 17.6 Å². The zero-order chi connectivity index (χ0) is 20.4. The van der Waals surface area contributed by atoms with Gasteiger partial charge in [-0.05, 0) is 37.6 Å². The molecule has 11 heteroatoms. The zero-order valence-electron chi connectivity index (χ0n) is 15.2. The summed E-state index contributed by atoms with van der Waals surface area (Å²) >= 11 is 0. The molecular formula is C18H17F3N6O2. The first-order valence-electron chi connectivity index (χ1n) is 9.02. The summed E-state index contributed by atoms with van der Waals surface area (Å²) in [7, 11) is 0. The number of rotatable bonds is 5. The smallest absolute Gasteiger partial charge is 0.416 e. The molecule has 1 aliphatic heterocycles. The van der Waals surface area contributed by atoms with Crippen molar-refractivity contribution in [2.24, 2.45) is 0 Å². The molecule has 0 aromatic carbocycles. The van der Waals surface area contributed by atoms with Crippen LogP contribution in [0.15, 0.2) is 45.9 Å². The van der Waals surface area contributed by atoms with Crippen molar-refractivity contribution in [3.63, 3.8) is 0 Å². The first-order valence-corrected chi connectivity index (χ1v) is 9.02. The van der Waals surface area contributed by atoms with E-state index >= 15 is 0 Å². The lowest BCUT2D eigenvalue weighted by Gasteiger charge is -2.23. The summed E-state index contributed by atoms with van der Waals surface area (Å²) in [6.07, 6.45) is 0.275. The maximum Gasteiger partial charge on any atom is 0.470 e. The zero-order valence-corrected chi connectivity index (χ0v) is 15.2. The lowest BCUT2D eigenvalue weighted by molar-refractivity contribution is -0.157. The second-order valence-corrected chi connectivity index (χ2v) is 6.75. The number of pyridine rings is 1. The van der Waals surface area contributed by atoms with Crippen molar-refractivity contribution in [1.29, 1.82) is 0 Å². The molecule has 3 aromatic heterocycles. The maximum absolute atomic E-state index is 12.6. The summed E-state index contributed by atoms with van der Waals surface area (Å²) in [4.78, 5) is 18.3. The van der Waals surface area contributed by atoms with Crippen molar-refractivity contribution in [3.05, 3.63) is 58.8 Å². The van der Waals surface area contributed by atoms with E-state index in [1.54, 1.807) is 24.5 Å². The van der Waals surface area contributed by atoms with Gasteiger partial charge in [-0.2, -0.15) is 18.3 Å². The Hall–Kier alpha value is -3.08. The molecule has 8 nitrogen and oxygen atoms in total. The average molecular weight is 406 g/mol. The van der Waals surface area contributed by atoms with Crippen LogP contribution < -0.4 is 5.56 Å². The molecule has 0 N–H and O–H groups in total. The first kappa shape index (κ1) is 19.2. The molecule has 4 rings (SSSR count). The molecule has 1 saturated heterocycles. The number of alkyl halides is 3. The van der Waals surface area contributed by atoms with Crippen LogP contribution in [0.3, 0.4) is 0 Å². The van der Waals surface area contributed by atoms with Gasteiger partial charge in [0, 0.05) is 30.1 Å². The van der Waals surface area contributed by atoms with Crippen molar-refractivity contribution in [2.75, 3.05) is 6.54 Å². The van der Waals surface area contributed by atoms with E-state index in [4.69, 9.17) is 4.42 Å². The van der Waals surface area contributed by atoms with Crippen LogP contribution in [0.2, 0.25) is 0 Å². The highest BCUT2D eigenvalue weighted by Gasteiger charge is 2.38. The Morgan fingerprint density at radius 3 is 2.79 bits per heavy atom. The van der Waals surface area contributed by atoms with Crippen molar-refractivity contribution in [2.45, 2.75) is 38.1 Å². The molecule has 4 heterocycles. The molecule has 3 aromatic rings. The van der Waals surface area contributed by atoms with Gasteiger partial charge in [0.05, 0.1) is 18.8 Å². The Labute approximate surface area is 163 Å². The average Bonchev–Trinajstić information content (AvgIpc) is 3.34. The topological polar surface area (TPSA) is 89.9 Å². The molecule has 0 saturated carbocycles. The van der Waals surface area contributed by atoms with Gasteiger partial charge in [0.1, 0.15) is 0 Å². The van der Waals surface area contributed by atoms with Gasteiger partial charge in [0.2, 0.25) is 5.89 Å². The summed E-state index contributed by atoms with van der Waals surface area (Å²) in [6.45, 7) is 1.06. The van der Waals surface area contributed by atoms with Gasteiger partial charge in [0.15, 0.2) is 0 Å². The van der Waals surface area contributed by atoms with E-state index < -0.39 is 12.1 Å². The lowest BCUT2D eigenvalue weighted by atomic mass is 10.2. The van der Waals surface area contributed by atoms with Crippen LogP contribution in [0.5, 0.6) is 0 Å². The van der Waals surface area contributed by atoms with Gasteiger partial charge in [-0.15, -0.1) is 10.2 Å². The van der Waals surface area contributed by atoms with Gasteiger partial charge in [-0.1, -0.05) is 0 Å². The Morgan fingerprint density at radius 2 is 2.07 bits per heavy atom. The third kappa shape index (κ3) is 4.34. The van der Waals surface area contributed by atoms with E-state index in [2.05, 4.69) is 20.3 Å². The number of nitrogens with zero attached hydrogens (tertiary/aromatic N) is 6. The molecule has 0 radical (unpaired) electrons. The van der Waals surface area contributed by atoms with Crippen LogP contribution in [0, 0.1) is 0 Å². The predicted octanol–water partition coefficient (Wildman–Crippen LogP) is 2.37. The molecule has 0 bridgehead atoms. The number of aromatic nitrogens is 5. The minimum absolute atomic E-state index is 0.0782. The maximum atomic E-state index is 12.6. The van der Waals surface area contributed by atoms with Crippen LogP contribution in [0.4, 0.5) is 13.2 Å². The Kier molecular flexibility index (Phi) is 5.14. The minimum atomic E-state index is -4.67. The molecule has 0 spiro atoms. The highest BCUT2D eigenvalue weighted by atomic mass is 19.4. The second-order valence-electron chi connectivity index (χ2n) is 6.75. The molecule has 1 unspecified atom stereocenters. The van der Waals surface area contributed by atoms with Crippen molar-refractivity contribution >= 4 is 0 Å². The molecule has 152 valence electrons. The summed E-state index contributed by atoms with van der Waals surface area (Å²) in [5.41, 5.74) is 1.16. The Morgan fingerprint density at radius 1 is 1.21 bits per heavy atom.